The van der Waals surface area contributed by atoms with Crippen LogP contribution in [0.25, 0.3) is 0 Å². The number of carbonyl (C=O) groups excluding carboxylic acids is 1. The van der Waals surface area contributed by atoms with Crippen molar-refractivity contribution >= 4 is 27.8 Å². The van der Waals surface area contributed by atoms with E-state index in [1.165, 1.54) is 6.21 Å². The predicted octanol–water partition coefficient (Wildman–Crippen LogP) is 2.70. The van der Waals surface area contributed by atoms with Crippen LogP contribution in [0.5, 0.6) is 5.75 Å². The maximum absolute atomic E-state index is 12.2. The Bertz CT molecular complexity index is 938. The zero-order chi connectivity index (χ0) is 20.7. The number of rotatable bonds is 8. The lowest BCUT2D eigenvalue weighted by atomic mass is 10.2. The van der Waals surface area contributed by atoms with Crippen molar-refractivity contribution in [2.75, 3.05) is 17.1 Å². The van der Waals surface area contributed by atoms with Crippen LogP contribution in [0.1, 0.15) is 25.0 Å². The highest BCUT2D eigenvalue weighted by Gasteiger charge is 2.20. The molecule has 1 N–H and O–H groups in total. The van der Waals surface area contributed by atoms with Gasteiger partial charge in [-0.1, -0.05) is 12.1 Å². The van der Waals surface area contributed by atoms with E-state index in [0.717, 1.165) is 27.4 Å². The van der Waals surface area contributed by atoms with Crippen molar-refractivity contribution in [3.05, 3.63) is 59.7 Å². The van der Waals surface area contributed by atoms with Gasteiger partial charge in [0.25, 0.3) is 5.91 Å². The second kappa shape index (κ2) is 9.36. The number of nitrogens with one attached hydrogen (secondary N) is 1. The second-order valence-electron chi connectivity index (χ2n) is 6.64. The fourth-order valence-corrected chi connectivity index (χ4v) is 3.28. The van der Waals surface area contributed by atoms with Crippen molar-refractivity contribution in [2.45, 2.75) is 26.9 Å². The van der Waals surface area contributed by atoms with Crippen molar-refractivity contribution in [1.82, 2.24) is 5.43 Å². The van der Waals surface area contributed by atoms with E-state index in [9.17, 15) is 13.2 Å². The van der Waals surface area contributed by atoms with Crippen LogP contribution in [-0.2, 0) is 14.8 Å². The molecule has 0 unspecified atom stereocenters. The van der Waals surface area contributed by atoms with Crippen molar-refractivity contribution in [2.24, 2.45) is 5.10 Å². The first-order valence-corrected chi connectivity index (χ1v) is 10.6. The number of carbonyl (C=O) groups is 1. The Kier molecular flexibility index (Phi) is 7.17. The van der Waals surface area contributed by atoms with Gasteiger partial charge < -0.3 is 4.74 Å². The molecule has 2 rings (SSSR count). The highest BCUT2D eigenvalue weighted by molar-refractivity contribution is 7.92. The van der Waals surface area contributed by atoms with Crippen LogP contribution >= 0.6 is 0 Å². The lowest BCUT2D eigenvalue weighted by Crippen LogP contribution is -2.39. The van der Waals surface area contributed by atoms with Crippen molar-refractivity contribution in [1.29, 1.82) is 0 Å². The SMILES string of the molecule is Cc1cccc(N(CC(=O)N/N=C\c2ccc(OC(C)C)cc2)S(C)(=O)=O)c1. The fraction of sp³-hybridized carbons (Fsp3) is 0.300. The number of amides is 1. The Morgan fingerprint density at radius 1 is 1.21 bits per heavy atom. The number of anilines is 1. The van der Waals surface area contributed by atoms with Crippen LogP contribution < -0.4 is 14.5 Å². The van der Waals surface area contributed by atoms with E-state index < -0.39 is 15.9 Å². The number of benzene rings is 2. The minimum atomic E-state index is -3.62. The Labute approximate surface area is 166 Å². The maximum atomic E-state index is 12.2. The topological polar surface area (TPSA) is 88.1 Å². The highest BCUT2D eigenvalue weighted by Crippen LogP contribution is 2.18. The van der Waals surface area contributed by atoms with E-state index in [4.69, 9.17) is 4.74 Å². The molecule has 0 aromatic heterocycles. The molecule has 7 nitrogen and oxygen atoms in total. The molecule has 2 aromatic carbocycles. The smallest absolute Gasteiger partial charge is 0.260 e. The molecule has 0 saturated carbocycles. The quantitative estimate of drug-likeness (QED) is 0.542. The van der Waals surface area contributed by atoms with Gasteiger partial charge in [0.05, 0.1) is 24.3 Å². The largest absolute Gasteiger partial charge is 0.491 e. The second-order valence-corrected chi connectivity index (χ2v) is 8.54. The van der Waals surface area contributed by atoms with Crippen LogP contribution in [0.15, 0.2) is 53.6 Å². The summed E-state index contributed by atoms with van der Waals surface area (Å²) < 4.78 is 30.8. The van der Waals surface area contributed by atoms with Gasteiger partial charge >= 0.3 is 0 Å². The Hall–Kier alpha value is -2.87. The van der Waals surface area contributed by atoms with E-state index in [2.05, 4.69) is 10.5 Å². The molecule has 2 aromatic rings. The van der Waals surface area contributed by atoms with Gasteiger partial charge in [0, 0.05) is 0 Å². The van der Waals surface area contributed by atoms with Gasteiger partial charge in [-0.25, -0.2) is 13.8 Å². The van der Waals surface area contributed by atoms with Crippen LogP contribution in [0.4, 0.5) is 5.69 Å². The number of aryl methyl sites for hydroxylation is 1. The summed E-state index contributed by atoms with van der Waals surface area (Å²) in [6, 6.07) is 14.2. The lowest BCUT2D eigenvalue weighted by Gasteiger charge is -2.21. The predicted molar refractivity (Wildman–Crippen MR) is 111 cm³/mol. The third-order valence-corrected chi connectivity index (χ3v) is 4.77. The summed E-state index contributed by atoms with van der Waals surface area (Å²) in [7, 11) is -3.62. The first-order chi connectivity index (χ1) is 13.1. The van der Waals surface area contributed by atoms with Gasteiger partial charge in [-0.05, 0) is 68.3 Å². The number of hydrogen-bond acceptors (Lipinski definition) is 5. The third-order valence-electron chi connectivity index (χ3n) is 3.63. The number of nitrogens with zero attached hydrogens (tertiary/aromatic N) is 2. The third kappa shape index (κ3) is 6.70. The first kappa shape index (κ1) is 21.4. The zero-order valence-corrected chi connectivity index (χ0v) is 17.2. The number of hydrazone groups is 1. The molecule has 150 valence electrons. The van der Waals surface area contributed by atoms with Crippen molar-refractivity contribution in [3.63, 3.8) is 0 Å². The van der Waals surface area contributed by atoms with Gasteiger partial charge in [0.15, 0.2) is 0 Å². The molecule has 1 amide bonds. The minimum Gasteiger partial charge on any atom is -0.491 e. The molecular weight excluding hydrogens is 378 g/mol. The Morgan fingerprint density at radius 3 is 2.46 bits per heavy atom. The number of ether oxygens (including phenoxy) is 1. The molecule has 0 atom stereocenters. The molecule has 0 spiro atoms. The summed E-state index contributed by atoms with van der Waals surface area (Å²) in [5.41, 5.74) is 4.46. The zero-order valence-electron chi connectivity index (χ0n) is 16.4. The van der Waals surface area contributed by atoms with Crippen molar-refractivity contribution < 1.29 is 17.9 Å². The molecule has 8 heteroatoms. The van der Waals surface area contributed by atoms with Crippen LogP contribution in [0.2, 0.25) is 0 Å². The normalized spacial score (nSPS) is 11.6. The summed E-state index contributed by atoms with van der Waals surface area (Å²) in [4.78, 5) is 12.2. The number of hydrogen-bond donors (Lipinski definition) is 1. The molecule has 0 bridgehead atoms. The monoisotopic (exact) mass is 403 g/mol. The summed E-state index contributed by atoms with van der Waals surface area (Å²) >= 11 is 0. The van der Waals surface area contributed by atoms with E-state index in [1.807, 2.05) is 51.1 Å². The molecule has 28 heavy (non-hydrogen) atoms. The summed E-state index contributed by atoms with van der Waals surface area (Å²) in [6.45, 7) is 5.38. The molecule has 0 aliphatic rings. The van der Waals surface area contributed by atoms with Gasteiger partial charge in [0.2, 0.25) is 10.0 Å². The lowest BCUT2D eigenvalue weighted by molar-refractivity contribution is -0.119. The summed E-state index contributed by atoms with van der Waals surface area (Å²) in [5.74, 6) is 0.209. The highest BCUT2D eigenvalue weighted by atomic mass is 32.2. The summed E-state index contributed by atoms with van der Waals surface area (Å²) in [6.07, 6.45) is 2.63. The van der Waals surface area contributed by atoms with Gasteiger partial charge in [-0.2, -0.15) is 5.10 Å². The first-order valence-electron chi connectivity index (χ1n) is 8.78. The molecule has 0 radical (unpaired) electrons. The molecule has 0 heterocycles. The van der Waals surface area contributed by atoms with Gasteiger partial charge in [-0.3, -0.25) is 9.10 Å². The van der Waals surface area contributed by atoms with Crippen LogP contribution in [-0.4, -0.2) is 39.4 Å². The summed E-state index contributed by atoms with van der Waals surface area (Å²) in [5, 5.41) is 3.89. The average molecular weight is 404 g/mol. The van der Waals surface area contributed by atoms with Crippen molar-refractivity contribution in [3.8, 4) is 5.75 Å². The average Bonchev–Trinajstić information content (AvgIpc) is 2.60. The molecule has 0 aliphatic heterocycles. The van der Waals surface area contributed by atoms with Crippen LogP contribution in [0.3, 0.4) is 0 Å². The van der Waals surface area contributed by atoms with E-state index in [0.29, 0.717) is 5.69 Å². The van der Waals surface area contributed by atoms with E-state index >= 15 is 0 Å². The van der Waals surface area contributed by atoms with Gasteiger partial charge in [-0.15, -0.1) is 0 Å². The number of sulfonamides is 1. The molecule has 0 aliphatic carbocycles. The molecule has 0 saturated heterocycles. The Balaban J connectivity index is 2.00. The van der Waals surface area contributed by atoms with Gasteiger partial charge in [0.1, 0.15) is 12.3 Å². The molecular formula is C20H25N3O4S. The standard InChI is InChI=1S/C20H25N3O4S/c1-15(2)27-19-10-8-17(9-11-19)13-21-22-20(24)14-23(28(4,25)26)18-7-5-6-16(3)12-18/h5-13,15H,14H2,1-4H3,(H,22,24)/b21-13-. The fourth-order valence-electron chi connectivity index (χ4n) is 2.43. The van der Waals surface area contributed by atoms with E-state index in [-0.39, 0.29) is 12.6 Å². The molecule has 0 fully saturated rings. The minimum absolute atomic E-state index is 0.0880. The Morgan fingerprint density at radius 2 is 1.89 bits per heavy atom. The maximum Gasteiger partial charge on any atom is 0.260 e. The van der Waals surface area contributed by atoms with Crippen LogP contribution in [0, 0.1) is 6.92 Å². The van der Waals surface area contributed by atoms with E-state index in [1.54, 1.807) is 18.2 Å².